The van der Waals surface area contributed by atoms with Crippen molar-refractivity contribution in [2.24, 2.45) is 0 Å². The summed E-state index contributed by atoms with van der Waals surface area (Å²) in [5, 5.41) is 11.9. The Morgan fingerprint density at radius 1 is 1.56 bits per heavy atom. The van der Waals surface area contributed by atoms with Crippen LogP contribution in [-0.4, -0.2) is 24.7 Å². The van der Waals surface area contributed by atoms with Crippen molar-refractivity contribution in [1.82, 2.24) is 5.32 Å². The van der Waals surface area contributed by atoms with E-state index in [1.54, 1.807) is 7.11 Å². The highest BCUT2D eigenvalue weighted by atomic mass is 16.5. The van der Waals surface area contributed by atoms with Gasteiger partial charge in [-0.2, -0.15) is 0 Å². The lowest BCUT2D eigenvalue weighted by atomic mass is 9.97. The van der Waals surface area contributed by atoms with Crippen LogP contribution in [0.1, 0.15) is 11.1 Å². The Morgan fingerprint density at radius 3 is 3.06 bits per heavy atom. The molecule has 0 saturated heterocycles. The van der Waals surface area contributed by atoms with Crippen LogP contribution < -0.4 is 10.1 Å². The number of nitrogens with one attached hydrogen (secondary N) is 1. The molecule has 0 bridgehead atoms. The number of benzene rings is 1. The minimum atomic E-state index is -0.946. The van der Waals surface area contributed by atoms with Gasteiger partial charge in [-0.25, -0.2) is 4.79 Å². The zero-order valence-electron chi connectivity index (χ0n) is 8.99. The first-order valence-corrected chi connectivity index (χ1v) is 5.06. The topological polar surface area (TPSA) is 58.6 Å². The Hall–Kier alpha value is -1.97. The maximum absolute atomic E-state index is 10.7. The summed E-state index contributed by atoms with van der Waals surface area (Å²) in [5.74, 6) is -0.211. The molecule has 0 atom stereocenters. The summed E-state index contributed by atoms with van der Waals surface area (Å²) in [5.41, 5.74) is 2.70. The van der Waals surface area contributed by atoms with E-state index in [1.807, 2.05) is 18.2 Å². The first kappa shape index (κ1) is 10.5. The van der Waals surface area contributed by atoms with Crippen LogP contribution in [0.4, 0.5) is 0 Å². The molecule has 1 aliphatic heterocycles. The van der Waals surface area contributed by atoms with Crippen LogP contribution in [0.2, 0.25) is 0 Å². The fraction of sp³-hybridized carbons (Fsp3) is 0.250. The fourth-order valence-corrected chi connectivity index (χ4v) is 1.83. The number of hydrogen-bond acceptors (Lipinski definition) is 3. The second-order valence-electron chi connectivity index (χ2n) is 3.60. The van der Waals surface area contributed by atoms with E-state index in [2.05, 4.69) is 5.32 Å². The molecular weight excluding hydrogens is 206 g/mol. The average molecular weight is 219 g/mol. The highest BCUT2D eigenvalue weighted by Gasteiger charge is 2.15. The van der Waals surface area contributed by atoms with E-state index < -0.39 is 5.97 Å². The highest BCUT2D eigenvalue weighted by molar-refractivity contribution is 5.90. The van der Waals surface area contributed by atoms with Gasteiger partial charge in [-0.05, 0) is 24.1 Å². The van der Waals surface area contributed by atoms with Gasteiger partial charge in [-0.1, -0.05) is 6.07 Å². The summed E-state index contributed by atoms with van der Waals surface area (Å²) in [6.45, 7) is 0.762. The lowest BCUT2D eigenvalue weighted by Crippen LogP contribution is -2.23. The van der Waals surface area contributed by atoms with Gasteiger partial charge in [-0.15, -0.1) is 0 Å². The Morgan fingerprint density at radius 2 is 2.38 bits per heavy atom. The number of hydrogen-bond donors (Lipinski definition) is 2. The van der Waals surface area contributed by atoms with Crippen molar-refractivity contribution in [1.29, 1.82) is 0 Å². The van der Waals surface area contributed by atoms with Crippen LogP contribution in [-0.2, 0) is 11.2 Å². The number of aliphatic carboxylic acids is 1. The van der Waals surface area contributed by atoms with Crippen LogP contribution >= 0.6 is 0 Å². The summed E-state index contributed by atoms with van der Waals surface area (Å²) >= 11 is 0. The molecule has 0 saturated carbocycles. The summed E-state index contributed by atoms with van der Waals surface area (Å²) in [4.78, 5) is 10.7. The molecule has 0 amide bonds. The minimum Gasteiger partial charge on any atom is -0.497 e. The predicted molar refractivity (Wildman–Crippen MR) is 60.3 cm³/mol. The predicted octanol–water partition coefficient (Wildman–Crippen LogP) is 1.27. The smallest absolute Gasteiger partial charge is 0.330 e. The molecule has 1 aromatic carbocycles. The van der Waals surface area contributed by atoms with Crippen molar-refractivity contribution < 1.29 is 14.6 Å². The number of fused-ring (bicyclic) bond motifs is 1. The second kappa shape index (κ2) is 4.26. The lowest BCUT2D eigenvalue weighted by molar-refractivity contribution is -0.131. The van der Waals surface area contributed by atoms with Crippen molar-refractivity contribution in [3.05, 3.63) is 35.4 Å². The standard InChI is InChI=1S/C12H13NO3/c1-16-9-3-2-8-4-5-13-11(7-12(14)15)10(8)6-9/h2-3,6-7,13H,4-5H2,1H3,(H,14,15). The average Bonchev–Trinajstić information content (AvgIpc) is 2.28. The van der Waals surface area contributed by atoms with E-state index in [-0.39, 0.29) is 0 Å². The Bertz CT molecular complexity index is 452. The van der Waals surface area contributed by atoms with E-state index in [1.165, 1.54) is 6.08 Å². The molecule has 0 aromatic heterocycles. The number of methoxy groups -OCH3 is 1. The molecule has 1 aliphatic rings. The summed E-state index contributed by atoms with van der Waals surface area (Å²) in [6, 6.07) is 5.73. The van der Waals surface area contributed by atoms with Crippen LogP contribution in [0.15, 0.2) is 24.3 Å². The van der Waals surface area contributed by atoms with Crippen LogP contribution in [0.25, 0.3) is 5.70 Å². The minimum absolute atomic E-state index is 0.646. The monoisotopic (exact) mass is 219 g/mol. The van der Waals surface area contributed by atoms with Gasteiger partial charge in [0.2, 0.25) is 0 Å². The van der Waals surface area contributed by atoms with E-state index in [4.69, 9.17) is 9.84 Å². The zero-order chi connectivity index (χ0) is 11.5. The van der Waals surface area contributed by atoms with Gasteiger partial charge in [-0.3, -0.25) is 0 Å². The van der Waals surface area contributed by atoms with Gasteiger partial charge in [0.15, 0.2) is 0 Å². The number of carboxylic acid groups (broad SMARTS) is 1. The summed E-state index contributed by atoms with van der Waals surface area (Å²) < 4.78 is 5.13. The highest BCUT2D eigenvalue weighted by Crippen LogP contribution is 2.26. The molecule has 4 nitrogen and oxygen atoms in total. The Kier molecular flexibility index (Phi) is 2.81. The third kappa shape index (κ3) is 2.00. The van der Waals surface area contributed by atoms with Crippen molar-refractivity contribution in [3.8, 4) is 5.75 Å². The third-order valence-corrected chi connectivity index (χ3v) is 2.58. The van der Waals surface area contributed by atoms with Gasteiger partial charge in [0.1, 0.15) is 5.75 Å². The van der Waals surface area contributed by atoms with E-state index in [9.17, 15) is 4.79 Å². The van der Waals surface area contributed by atoms with Crippen molar-refractivity contribution in [3.63, 3.8) is 0 Å². The molecule has 2 rings (SSSR count). The normalized spacial score (nSPS) is 16.4. The van der Waals surface area contributed by atoms with Crippen molar-refractivity contribution in [2.45, 2.75) is 6.42 Å². The SMILES string of the molecule is COc1ccc2c(c1)C(=CC(=O)O)NCC2. The maximum Gasteiger partial charge on any atom is 0.330 e. The van der Waals surface area contributed by atoms with Gasteiger partial charge in [0.25, 0.3) is 0 Å². The fourth-order valence-electron chi connectivity index (χ4n) is 1.83. The molecule has 4 heteroatoms. The first-order chi connectivity index (χ1) is 7.70. The Balaban J connectivity index is 2.47. The Labute approximate surface area is 93.5 Å². The van der Waals surface area contributed by atoms with E-state index in [0.29, 0.717) is 5.70 Å². The molecule has 0 aliphatic carbocycles. The summed E-state index contributed by atoms with van der Waals surface area (Å²) in [6.07, 6.45) is 2.09. The molecular formula is C12H13NO3. The van der Waals surface area contributed by atoms with Gasteiger partial charge >= 0.3 is 5.97 Å². The molecule has 2 N–H and O–H groups in total. The third-order valence-electron chi connectivity index (χ3n) is 2.58. The van der Waals surface area contributed by atoms with E-state index >= 15 is 0 Å². The largest absolute Gasteiger partial charge is 0.497 e. The van der Waals surface area contributed by atoms with Crippen molar-refractivity contribution >= 4 is 11.7 Å². The number of rotatable bonds is 2. The molecule has 84 valence electrons. The molecule has 1 heterocycles. The van der Waals surface area contributed by atoms with Gasteiger partial charge < -0.3 is 15.2 Å². The molecule has 0 fully saturated rings. The van der Waals surface area contributed by atoms with Gasteiger partial charge in [0, 0.05) is 23.9 Å². The number of carbonyl (C=O) groups is 1. The molecule has 0 radical (unpaired) electrons. The zero-order valence-corrected chi connectivity index (χ0v) is 8.99. The number of carboxylic acids is 1. The van der Waals surface area contributed by atoms with Crippen LogP contribution in [0.3, 0.4) is 0 Å². The maximum atomic E-state index is 10.7. The molecule has 0 spiro atoms. The first-order valence-electron chi connectivity index (χ1n) is 5.06. The molecule has 1 aromatic rings. The van der Waals surface area contributed by atoms with Crippen molar-refractivity contribution in [2.75, 3.05) is 13.7 Å². The molecule has 16 heavy (non-hydrogen) atoms. The second-order valence-corrected chi connectivity index (χ2v) is 3.60. The quantitative estimate of drug-likeness (QED) is 0.735. The van der Waals surface area contributed by atoms with Gasteiger partial charge in [0.05, 0.1) is 7.11 Å². The lowest BCUT2D eigenvalue weighted by Gasteiger charge is -2.21. The number of ether oxygens (including phenoxy) is 1. The van der Waals surface area contributed by atoms with E-state index in [0.717, 1.165) is 29.8 Å². The van der Waals surface area contributed by atoms with Crippen LogP contribution in [0, 0.1) is 0 Å². The molecule has 0 unspecified atom stereocenters. The van der Waals surface area contributed by atoms with Crippen LogP contribution in [0.5, 0.6) is 5.75 Å². The summed E-state index contributed by atoms with van der Waals surface area (Å²) in [7, 11) is 1.60.